The van der Waals surface area contributed by atoms with E-state index in [-0.39, 0.29) is 5.91 Å². The molecule has 2 nitrogen and oxygen atoms in total. The van der Waals surface area contributed by atoms with Crippen LogP contribution < -0.4 is 5.73 Å². The quantitative estimate of drug-likeness (QED) is 0.725. The van der Waals surface area contributed by atoms with Crippen molar-refractivity contribution in [3.8, 4) is 0 Å². The van der Waals surface area contributed by atoms with Crippen molar-refractivity contribution >= 4 is 18.5 Å². The van der Waals surface area contributed by atoms with Gasteiger partial charge in [0.25, 0.3) is 0 Å². The monoisotopic (exact) mass is 211 g/mol. The highest BCUT2D eigenvalue weighted by molar-refractivity contribution is 7.80. The number of aryl methyl sites for hydroxylation is 1. The zero-order valence-corrected chi connectivity index (χ0v) is 9.55. The van der Waals surface area contributed by atoms with E-state index < -0.39 is 0 Å². The van der Waals surface area contributed by atoms with Crippen LogP contribution in [0.3, 0.4) is 0 Å². The summed E-state index contributed by atoms with van der Waals surface area (Å²) in [5, 5.41) is 0. The molecule has 3 heteroatoms. The first-order valence-corrected chi connectivity index (χ1v) is 5.22. The Morgan fingerprint density at radius 3 is 2.36 bits per heavy atom. The van der Waals surface area contributed by atoms with Crippen LogP contribution in [-0.4, -0.2) is 11.7 Å². The molecule has 1 aromatic rings. The van der Waals surface area contributed by atoms with Gasteiger partial charge in [-0.1, -0.05) is 24.6 Å². The molecule has 0 radical (unpaired) electrons. The summed E-state index contributed by atoms with van der Waals surface area (Å²) >= 11 is 3.92. The molecule has 0 aromatic heterocycles. The molecule has 78 valence electrons. The zero-order chi connectivity index (χ0) is 11.0. The molecule has 0 atom stereocenters. The van der Waals surface area contributed by atoms with Crippen LogP contribution in [0.2, 0.25) is 0 Å². The lowest BCUT2D eigenvalue weighted by Crippen LogP contribution is -2.10. The predicted molar refractivity (Wildman–Crippen MR) is 63.8 cm³/mol. The summed E-state index contributed by atoms with van der Waals surface area (Å²) in [6.45, 7) is 4.03. The van der Waals surface area contributed by atoms with E-state index in [0.29, 0.717) is 5.56 Å². The van der Waals surface area contributed by atoms with Gasteiger partial charge >= 0.3 is 0 Å². The van der Waals surface area contributed by atoms with Gasteiger partial charge in [-0.05, 0) is 31.2 Å². The molecule has 0 fully saturated rings. The van der Waals surface area contributed by atoms with Crippen LogP contribution in [-0.2, 0) is 0 Å². The molecule has 0 saturated carbocycles. The summed E-state index contributed by atoms with van der Waals surface area (Å²) in [5.74, 6) is 0.642. The smallest absolute Gasteiger partial charge is 0.248 e. The van der Waals surface area contributed by atoms with Gasteiger partial charge in [-0.3, -0.25) is 4.79 Å². The first-order valence-electron chi connectivity index (χ1n) is 4.59. The molecule has 0 aliphatic heterocycles. The number of primary amides is 1. The highest BCUT2D eigenvalue weighted by atomic mass is 32.1. The molecule has 0 saturated heterocycles. The fourth-order valence-electron chi connectivity index (χ4n) is 0.798. The second kappa shape index (κ2) is 7.44. The van der Waals surface area contributed by atoms with Crippen molar-refractivity contribution in [3.05, 3.63) is 35.4 Å². The van der Waals surface area contributed by atoms with Gasteiger partial charge in [0.15, 0.2) is 0 Å². The SMILES string of the molecule is CCCS.Cc1cccc(C(N)=O)c1. The maximum Gasteiger partial charge on any atom is 0.248 e. The number of hydrogen-bond donors (Lipinski definition) is 2. The molecule has 0 heterocycles. The second-order valence-electron chi connectivity index (χ2n) is 2.96. The molecule has 1 aromatic carbocycles. The molecule has 0 aliphatic carbocycles. The van der Waals surface area contributed by atoms with E-state index in [1.807, 2.05) is 19.1 Å². The predicted octanol–water partition coefficient (Wildman–Crippen LogP) is 2.42. The molecule has 2 N–H and O–H groups in total. The number of rotatable bonds is 2. The average molecular weight is 211 g/mol. The third-order valence-electron chi connectivity index (χ3n) is 1.53. The molecule has 0 spiro atoms. The largest absolute Gasteiger partial charge is 0.366 e. The lowest BCUT2D eigenvalue weighted by Gasteiger charge is -1.94. The highest BCUT2D eigenvalue weighted by Crippen LogP contribution is 2.01. The number of carbonyl (C=O) groups excluding carboxylic acids is 1. The van der Waals surface area contributed by atoms with Crippen molar-refractivity contribution in [2.75, 3.05) is 5.75 Å². The number of benzene rings is 1. The molecule has 0 bridgehead atoms. The van der Waals surface area contributed by atoms with Gasteiger partial charge in [-0.25, -0.2) is 0 Å². The average Bonchev–Trinajstić information content (AvgIpc) is 2.18. The van der Waals surface area contributed by atoms with Gasteiger partial charge in [0.2, 0.25) is 5.91 Å². The maximum atomic E-state index is 10.6. The van der Waals surface area contributed by atoms with E-state index in [9.17, 15) is 4.79 Å². The standard InChI is InChI=1S/C8H9NO.C3H8S/c1-6-3-2-4-7(5-6)8(9)10;1-2-3-4/h2-5H,1H3,(H2,9,10);4H,2-3H2,1H3. The third kappa shape index (κ3) is 5.65. The van der Waals surface area contributed by atoms with Crippen LogP contribution in [0.1, 0.15) is 29.3 Å². The van der Waals surface area contributed by atoms with Gasteiger partial charge < -0.3 is 5.73 Å². The van der Waals surface area contributed by atoms with E-state index >= 15 is 0 Å². The second-order valence-corrected chi connectivity index (χ2v) is 3.40. The Hall–Kier alpha value is -0.960. The molecular weight excluding hydrogens is 194 g/mol. The van der Waals surface area contributed by atoms with E-state index in [1.165, 1.54) is 6.42 Å². The number of thiol groups is 1. The van der Waals surface area contributed by atoms with Crippen LogP contribution >= 0.6 is 12.6 Å². The Kier molecular flexibility index (Phi) is 6.93. The Bertz CT molecular complexity index is 284. The lowest BCUT2D eigenvalue weighted by molar-refractivity contribution is 0.1000. The Labute approximate surface area is 90.9 Å². The maximum absolute atomic E-state index is 10.6. The van der Waals surface area contributed by atoms with Gasteiger partial charge in [0, 0.05) is 5.56 Å². The summed E-state index contributed by atoms with van der Waals surface area (Å²) in [6.07, 6.45) is 1.18. The minimum absolute atomic E-state index is 0.372. The fraction of sp³-hybridized carbons (Fsp3) is 0.364. The Morgan fingerprint density at radius 2 is 2.07 bits per heavy atom. The van der Waals surface area contributed by atoms with Crippen LogP contribution in [0.15, 0.2) is 24.3 Å². The zero-order valence-electron chi connectivity index (χ0n) is 8.66. The summed E-state index contributed by atoms with van der Waals surface area (Å²) in [7, 11) is 0. The lowest BCUT2D eigenvalue weighted by atomic mass is 10.1. The van der Waals surface area contributed by atoms with Gasteiger partial charge in [0.05, 0.1) is 0 Å². The molecule has 0 unspecified atom stereocenters. The van der Waals surface area contributed by atoms with E-state index in [0.717, 1.165) is 11.3 Å². The topological polar surface area (TPSA) is 43.1 Å². The van der Waals surface area contributed by atoms with Gasteiger partial charge in [-0.2, -0.15) is 12.6 Å². The van der Waals surface area contributed by atoms with E-state index in [2.05, 4.69) is 19.6 Å². The van der Waals surface area contributed by atoms with Crippen molar-refractivity contribution < 1.29 is 4.79 Å². The van der Waals surface area contributed by atoms with Crippen molar-refractivity contribution in [3.63, 3.8) is 0 Å². The number of amides is 1. The van der Waals surface area contributed by atoms with Gasteiger partial charge in [0.1, 0.15) is 0 Å². The first-order chi connectivity index (χ1) is 6.61. The molecule has 1 amide bonds. The highest BCUT2D eigenvalue weighted by Gasteiger charge is 1.96. The minimum atomic E-state index is -0.372. The van der Waals surface area contributed by atoms with Crippen molar-refractivity contribution in [1.29, 1.82) is 0 Å². The van der Waals surface area contributed by atoms with Gasteiger partial charge in [-0.15, -0.1) is 0 Å². The molecule has 0 aliphatic rings. The van der Waals surface area contributed by atoms with Crippen molar-refractivity contribution in [1.82, 2.24) is 0 Å². The first kappa shape index (κ1) is 13.0. The summed E-state index contributed by atoms with van der Waals surface area (Å²) in [6, 6.07) is 7.21. The fourth-order valence-corrected chi connectivity index (χ4v) is 0.798. The van der Waals surface area contributed by atoms with Crippen LogP contribution in [0.5, 0.6) is 0 Å². The van der Waals surface area contributed by atoms with Crippen LogP contribution in [0.25, 0.3) is 0 Å². The minimum Gasteiger partial charge on any atom is -0.366 e. The van der Waals surface area contributed by atoms with Crippen molar-refractivity contribution in [2.45, 2.75) is 20.3 Å². The Morgan fingerprint density at radius 1 is 1.50 bits per heavy atom. The summed E-state index contributed by atoms with van der Waals surface area (Å²) in [5.41, 5.74) is 6.67. The van der Waals surface area contributed by atoms with Crippen LogP contribution in [0.4, 0.5) is 0 Å². The number of carbonyl (C=O) groups is 1. The molecule has 14 heavy (non-hydrogen) atoms. The van der Waals surface area contributed by atoms with Crippen molar-refractivity contribution in [2.24, 2.45) is 5.73 Å². The normalized spacial score (nSPS) is 8.79. The van der Waals surface area contributed by atoms with Crippen LogP contribution in [0, 0.1) is 6.92 Å². The molecule has 1 rings (SSSR count). The molecular formula is C11H17NOS. The summed E-state index contributed by atoms with van der Waals surface area (Å²) < 4.78 is 0. The van der Waals surface area contributed by atoms with E-state index in [4.69, 9.17) is 5.73 Å². The summed E-state index contributed by atoms with van der Waals surface area (Å²) in [4.78, 5) is 10.6. The number of hydrogen-bond acceptors (Lipinski definition) is 2. The van der Waals surface area contributed by atoms with E-state index in [1.54, 1.807) is 12.1 Å². The third-order valence-corrected chi connectivity index (χ3v) is 1.97. The number of nitrogens with two attached hydrogens (primary N) is 1. The Balaban J connectivity index is 0.000000364.